The average molecular weight is 392 g/mol. The van der Waals surface area contributed by atoms with Crippen molar-refractivity contribution in [3.63, 3.8) is 0 Å². The fourth-order valence-corrected chi connectivity index (χ4v) is 5.82. The Kier molecular flexibility index (Phi) is 4.72. The van der Waals surface area contributed by atoms with E-state index in [1.807, 2.05) is 33.8 Å². The zero-order valence-corrected chi connectivity index (χ0v) is 17.4. The molecule has 7 nitrogen and oxygen atoms in total. The topological polar surface area (TPSA) is 96.0 Å². The summed E-state index contributed by atoms with van der Waals surface area (Å²) in [6.07, 6.45) is -0.863. The highest BCUT2D eigenvalue weighted by molar-refractivity contribution is 5.95. The standard InChI is InChI=1S/C21H28O7/c1-9-8-21(7)15-14(13(9)16(15)25)20(5,6)18(27-11(3)23)17(26-10(2)22)19(21)28-12(4)24/h8,13-15,17-19H,1-7H3/t13?,14?,15?,17-,18-,19-,21?/m1/s1. The average Bonchev–Trinajstić information content (AvgIpc) is 2.54. The molecule has 7 heteroatoms. The monoisotopic (exact) mass is 392 g/mol. The molecular weight excluding hydrogens is 364 g/mol. The molecule has 2 fully saturated rings. The van der Waals surface area contributed by atoms with Crippen molar-refractivity contribution in [1.29, 1.82) is 0 Å². The predicted octanol–water partition coefficient (Wildman–Crippen LogP) is 2.22. The number of allylic oxidation sites excluding steroid dienone is 1. The lowest BCUT2D eigenvalue weighted by Gasteiger charge is -2.59. The lowest BCUT2D eigenvalue weighted by molar-refractivity contribution is -0.198. The normalized spacial score (nSPS) is 40.4. The lowest BCUT2D eigenvalue weighted by atomic mass is 9.42. The van der Waals surface area contributed by atoms with Crippen LogP contribution in [0.15, 0.2) is 11.6 Å². The number of Topliss-reactive ketones (excluding diaryl/α,β-unsaturated/α-hetero) is 1. The third-order valence-electron chi connectivity index (χ3n) is 6.72. The molecule has 4 unspecified atom stereocenters. The summed E-state index contributed by atoms with van der Waals surface area (Å²) in [5.41, 5.74) is -0.630. The fraction of sp³-hybridized carbons (Fsp3) is 0.714. The second-order valence-corrected chi connectivity index (χ2v) is 9.09. The molecule has 0 N–H and O–H groups in total. The summed E-state index contributed by atoms with van der Waals surface area (Å²) in [7, 11) is 0. The van der Waals surface area contributed by atoms with E-state index in [9.17, 15) is 19.2 Å². The Labute approximate surface area is 164 Å². The molecule has 154 valence electrons. The molecule has 0 aromatic rings. The molecule has 4 bridgehead atoms. The highest BCUT2D eigenvalue weighted by atomic mass is 16.6. The van der Waals surface area contributed by atoms with Crippen LogP contribution >= 0.6 is 0 Å². The van der Waals surface area contributed by atoms with Gasteiger partial charge in [0.25, 0.3) is 0 Å². The van der Waals surface area contributed by atoms with Gasteiger partial charge in [-0.3, -0.25) is 19.2 Å². The molecule has 0 aromatic carbocycles. The number of carbonyl (C=O) groups is 4. The molecule has 0 radical (unpaired) electrons. The molecule has 0 spiro atoms. The van der Waals surface area contributed by atoms with Gasteiger partial charge in [0.05, 0.1) is 0 Å². The summed E-state index contributed by atoms with van der Waals surface area (Å²) in [5, 5.41) is 0. The minimum atomic E-state index is -1.02. The second-order valence-electron chi connectivity index (χ2n) is 9.09. The molecule has 2 saturated carbocycles. The molecule has 0 aliphatic heterocycles. The van der Waals surface area contributed by atoms with E-state index in [0.29, 0.717) is 0 Å². The molecule has 7 atom stereocenters. The van der Waals surface area contributed by atoms with Crippen LogP contribution in [0.1, 0.15) is 48.5 Å². The number of esters is 3. The fourth-order valence-electron chi connectivity index (χ4n) is 5.82. The van der Waals surface area contributed by atoms with Gasteiger partial charge in [-0.15, -0.1) is 0 Å². The van der Waals surface area contributed by atoms with E-state index in [1.54, 1.807) is 0 Å². The van der Waals surface area contributed by atoms with Crippen molar-refractivity contribution in [2.24, 2.45) is 28.6 Å². The van der Waals surface area contributed by atoms with E-state index >= 15 is 0 Å². The van der Waals surface area contributed by atoms with E-state index in [2.05, 4.69) is 0 Å². The van der Waals surface area contributed by atoms with Crippen molar-refractivity contribution >= 4 is 23.7 Å². The molecule has 4 aliphatic rings. The third-order valence-corrected chi connectivity index (χ3v) is 6.72. The smallest absolute Gasteiger partial charge is 0.303 e. The molecule has 4 aliphatic carbocycles. The zero-order valence-electron chi connectivity index (χ0n) is 17.4. The summed E-state index contributed by atoms with van der Waals surface area (Å²) < 4.78 is 16.9. The van der Waals surface area contributed by atoms with Crippen LogP contribution in [-0.2, 0) is 33.4 Å². The highest BCUT2D eigenvalue weighted by Gasteiger charge is 2.73. The van der Waals surface area contributed by atoms with Crippen molar-refractivity contribution in [2.75, 3.05) is 0 Å². The number of ether oxygens (including phenoxy) is 3. The Balaban J connectivity index is 2.25. The van der Waals surface area contributed by atoms with E-state index in [4.69, 9.17) is 14.2 Å². The van der Waals surface area contributed by atoms with Gasteiger partial charge in [-0.1, -0.05) is 32.4 Å². The molecule has 4 rings (SSSR count). The van der Waals surface area contributed by atoms with E-state index in [0.717, 1.165) is 5.57 Å². The Hall–Kier alpha value is -2.18. The van der Waals surface area contributed by atoms with Crippen LogP contribution in [0.2, 0.25) is 0 Å². The SMILES string of the molecule is CC(=O)O[C@@H]1[C@@H](OC(C)=O)C(C)(C)C2C3C(=O)C2C(C)(C=C3C)[C@@H]1OC(C)=O. The summed E-state index contributed by atoms with van der Waals surface area (Å²) in [6, 6.07) is 0. The van der Waals surface area contributed by atoms with Gasteiger partial charge in [0.1, 0.15) is 11.9 Å². The van der Waals surface area contributed by atoms with Crippen molar-refractivity contribution in [3.8, 4) is 0 Å². The maximum absolute atomic E-state index is 13.0. The molecule has 0 saturated heterocycles. The summed E-state index contributed by atoms with van der Waals surface area (Å²) in [6.45, 7) is 11.4. The van der Waals surface area contributed by atoms with Crippen LogP contribution in [0.3, 0.4) is 0 Å². The Morgan fingerprint density at radius 3 is 1.86 bits per heavy atom. The van der Waals surface area contributed by atoms with Crippen LogP contribution < -0.4 is 0 Å². The number of hydrogen-bond donors (Lipinski definition) is 0. The largest absolute Gasteiger partial charge is 0.458 e. The Morgan fingerprint density at radius 2 is 1.39 bits per heavy atom. The van der Waals surface area contributed by atoms with Crippen LogP contribution in [-0.4, -0.2) is 42.0 Å². The quantitative estimate of drug-likeness (QED) is 0.413. The third kappa shape index (κ3) is 2.78. The Morgan fingerprint density at radius 1 is 0.893 bits per heavy atom. The van der Waals surface area contributed by atoms with Gasteiger partial charge in [0.15, 0.2) is 12.2 Å². The first-order chi connectivity index (χ1) is 12.8. The minimum absolute atomic E-state index is 0.0998. The van der Waals surface area contributed by atoms with Gasteiger partial charge in [-0.2, -0.15) is 0 Å². The molecule has 0 amide bonds. The summed E-state index contributed by atoms with van der Waals surface area (Å²) in [5.74, 6) is -2.33. The number of rotatable bonds is 3. The molecule has 0 heterocycles. The zero-order chi connectivity index (χ0) is 21.2. The maximum Gasteiger partial charge on any atom is 0.303 e. The van der Waals surface area contributed by atoms with Crippen LogP contribution in [0, 0.1) is 28.6 Å². The van der Waals surface area contributed by atoms with Crippen molar-refractivity contribution < 1.29 is 33.4 Å². The van der Waals surface area contributed by atoms with Crippen LogP contribution in [0.25, 0.3) is 0 Å². The van der Waals surface area contributed by atoms with Crippen LogP contribution in [0.4, 0.5) is 0 Å². The number of carbonyl (C=O) groups excluding carboxylic acids is 4. The maximum atomic E-state index is 13.0. The van der Waals surface area contributed by atoms with Gasteiger partial charge in [0, 0.05) is 43.4 Å². The van der Waals surface area contributed by atoms with E-state index in [1.165, 1.54) is 20.8 Å². The lowest BCUT2D eigenvalue weighted by Crippen LogP contribution is -2.64. The van der Waals surface area contributed by atoms with Crippen LogP contribution in [0.5, 0.6) is 0 Å². The van der Waals surface area contributed by atoms with E-state index < -0.39 is 53.0 Å². The van der Waals surface area contributed by atoms with Gasteiger partial charge in [-0.05, 0) is 12.8 Å². The first-order valence-corrected chi connectivity index (χ1v) is 9.57. The van der Waals surface area contributed by atoms with Gasteiger partial charge < -0.3 is 14.2 Å². The van der Waals surface area contributed by atoms with Crippen molar-refractivity contribution in [1.82, 2.24) is 0 Å². The first kappa shape index (κ1) is 20.6. The van der Waals surface area contributed by atoms with Gasteiger partial charge in [0.2, 0.25) is 0 Å². The summed E-state index contributed by atoms with van der Waals surface area (Å²) in [4.78, 5) is 48.8. The predicted molar refractivity (Wildman–Crippen MR) is 97.8 cm³/mol. The molecule has 28 heavy (non-hydrogen) atoms. The number of hydrogen-bond acceptors (Lipinski definition) is 7. The molecule has 0 aromatic heterocycles. The van der Waals surface area contributed by atoms with Crippen molar-refractivity contribution in [2.45, 2.75) is 66.8 Å². The summed E-state index contributed by atoms with van der Waals surface area (Å²) >= 11 is 0. The highest BCUT2D eigenvalue weighted by Crippen LogP contribution is 2.66. The van der Waals surface area contributed by atoms with Crippen molar-refractivity contribution in [3.05, 3.63) is 11.6 Å². The second kappa shape index (κ2) is 6.42. The molecular formula is C21H28O7. The first-order valence-electron chi connectivity index (χ1n) is 9.57. The Bertz CT molecular complexity index is 780. The van der Waals surface area contributed by atoms with Gasteiger partial charge in [-0.25, -0.2) is 0 Å². The van der Waals surface area contributed by atoms with Gasteiger partial charge >= 0.3 is 17.9 Å². The van der Waals surface area contributed by atoms with E-state index in [-0.39, 0.29) is 17.6 Å². The minimum Gasteiger partial charge on any atom is -0.458 e. The number of ketones is 1.